The number of Topliss-reactive ketones (excluding diaryl/α,β-unsaturated/α-hetero) is 3. The van der Waals surface area contributed by atoms with E-state index in [-0.39, 0.29) is 53.0 Å². The standard InChI is InChI=1S/C22H23N7O2.C17H13ClN6O.C11H11N3O.C6H3Cl2N3.C5H11NO.ClH/c1-15(31)16-6-8-17(9-7-16)27-12-20(23-14-27)24-21-19-5-3-11-29(19)26-22(25-21)28-10-2-4-18(28)13-30;1-11(25)12-4-6-13(7-5-12)23-9-15(19-10-23)20-16-14-3-2-8-24(14)22-17(18)21-16;1-8(15)9-2-4-10(5-3-9)14-6-11(12)13-7-14;7-5-4-2-1-3-11(4)10-6(8)9-5;7-4-5-2-1-3-6-5;/h3,5-9,11-12,14,18,30H,2,4,10,13H2,1H3,(H,24,25,26);2-10H,1H3,(H,20,21,22);2-7H,12H2,1H3;1-3H;5-7H,1-4H2;1H/t18-;;;;5-;/m0...0./s1. The molecule has 12 aromatic rings. The monoisotopic (exact) mass is 1290 g/mol. The highest BCUT2D eigenvalue weighted by atomic mass is 35.5. The molecule has 2 aliphatic heterocycles. The van der Waals surface area contributed by atoms with Gasteiger partial charge in [-0.25, -0.2) is 33.5 Å². The molecule has 2 atom stereocenters. The van der Waals surface area contributed by atoms with E-state index in [1.54, 1.807) is 113 Å². The lowest BCUT2D eigenvalue weighted by Crippen LogP contribution is -2.34. The number of nitrogen functional groups attached to an aromatic ring is 1. The van der Waals surface area contributed by atoms with Gasteiger partial charge in [0.25, 0.3) is 0 Å². The third kappa shape index (κ3) is 16.2. The number of aliphatic hydroxyl groups is 2. The number of benzene rings is 3. The molecule has 90 heavy (non-hydrogen) atoms. The Morgan fingerprint density at radius 1 is 0.567 bits per heavy atom. The Morgan fingerprint density at radius 2 is 1.02 bits per heavy atom. The van der Waals surface area contributed by atoms with Crippen LogP contribution in [0, 0.1) is 0 Å². The number of nitrogens with two attached hydrogens (primary N) is 1. The summed E-state index contributed by atoms with van der Waals surface area (Å²) in [6, 6.07) is 33.7. The summed E-state index contributed by atoms with van der Waals surface area (Å²) >= 11 is 17.3. The number of carbonyl (C=O) groups is 3. The molecule has 14 rings (SSSR count). The molecule has 2 saturated heterocycles. The number of hydrogen-bond acceptors (Lipinski definition) is 19. The minimum absolute atomic E-state index is 0. The van der Waals surface area contributed by atoms with Gasteiger partial charge in [-0.3, -0.25) is 14.4 Å². The van der Waals surface area contributed by atoms with Crippen molar-refractivity contribution in [3.05, 3.63) is 198 Å². The van der Waals surface area contributed by atoms with Crippen LogP contribution in [0.3, 0.4) is 0 Å². The molecule has 0 unspecified atom stereocenters. The zero-order valence-corrected chi connectivity index (χ0v) is 51.9. The van der Waals surface area contributed by atoms with Crippen molar-refractivity contribution >= 4 is 116 Å². The summed E-state index contributed by atoms with van der Waals surface area (Å²) in [6.45, 7) is 6.95. The van der Waals surface area contributed by atoms with Gasteiger partial charge in [0, 0.05) is 64.9 Å². The van der Waals surface area contributed by atoms with E-state index in [2.05, 4.69) is 61.1 Å². The second-order valence-electron chi connectivity index (χ2n) is 20.4. The van der Waals surface area contributed by atoms with E-state index in [9.17, 15) is 19.5 Å². The lowest BCUT2D eigenvalue weighted by molar-refractivity contribution is 0.100. The minimum Gasteiger partial charge on any atom is -0.395 e. The zero-order chi connectivity index (χ0) is 62.6. The molecule has 0 spiro atoms. The van der Waals surface area contributed by atoms with Gasteiger partial charge < -0.3 is 50.5 Å². The van der Waals surface area contributed by atoms with Crippen molar-refractivity contribution in [2.45, 2.75) is 58.5 Å². The molecule has 2 aliphatic rings. The number of carbonyl (C=O) groups excluding carboxylic acids is 3. The highest BCUT2D eigenvalue weighted by Crippen LogP contribution is 2.28. The first-order valence-electron chi connectivity index (χ1n) is 28.1. The number of ketones is 3. The first-order valence-corrected chi connectivity index (χ1v) is 29.2. The van der Waals surface area contributed by atoms with Crippen molar-refractivity contribution in [1.82, 2.24) is 77.8 Å². The van der Waals surface area contributed by atoms with E-state index >= 15 is 0 Å². The summed E-state index contributed by atoms with van der Waals surface area (Å²) < 4.78 is 10.6. The van der Waals surface area contributed by atoms with Crippen molar-refractivity contribution in [3.8, 4) is 17.1 Å². The molecule has 3 aromatic carbocycles. The van der Waals surface area contributed by atoms with Crippen molar-refractivity contribution < 1.29 is 24.6 Å². The molecule has 0 bridgehead atoms. The van der Waals surface area contributed by atoms with Crippen LogP contribution in [0.15, 0.2) is 165 Å². The van der Waals surface area contributed by atoms with Crippen LogP contribution in [0.1, 0.15) is 77.5 Å². The van der Waals surface area contributed by atoms with Crippen LogP contribution in [0.5, 0.6) is 0 Å². The van der Waals surface area contributed by atoms with Crippen molar-refractivity contribution in [1.29, 1.82) is 0 Å². The Bertz CT molecular complexity index is 4370. The molecular weight excluding hydrogens is 1230 g/mol. The van der Waals surface area contributed by atoms with E-state index < -0.39 is 0 Å². The fraction of sp³-hybridized carbons (Fsp3) is 0.213. The first-order chi connectivity index (χ1) is 43.1. The van der Waals surface area contributed by atoms with Crippen molar-refractivity contribution in [3.63, 3.8) is 0 Å². The number of rotatable bonds is 13. The molecule has 0 saturated carbocycles. The molecule has 7 N–H and O–H groups in total. The number of halogens is 4. The number of nitrogens with zero attached hydrogens (tertiary/aromatic N) is 16. The van der Waals surface area contributed by atoms with Gasteiger partial charge in [0.15, 0.2) is 34.1 Å². The quantitative estimate of drug-likeness (QED) is 0.0585. The summed E-state index contributed by atoms with van der Waals surface area (Å²) in [7, 11) is 0. The largest absolute Gasteiger partial charge is 0.395 e. The third-order valence-corrected chi connectivity index (χ3v) is 14.9. The molecule has 0 radical (unpaired) electrons. The molecule has 9 aromatic heterocycles. The summed E-state index contributed by atoms with van der Waals surface area (Å²) in [5.41, 5.74) is 12.7. The van der Waals surface area contributed by atoms with Gasteiger partial charge in [0.2, 0.25) is 16.5 Å². The van der Waals surface area contributed by atoms with E-state index in [0.29, 0.717) is 69.5 Å². The van der Waals surface area contributed by atoms with Gasteiger partial charge in [0.05, 0.1) is 37.8 Å². The summed E-state index contributed by atoms with van der Waals surface area (Å²) in [5, 5.41) is 41.1. The fourth-order valence-electron chi connectivity index (χ4n) is 9.59. The maximum absolute atomic E-state index is 11.5. The number of fused-ring (bicyclic) bond motifs is 3. The number of hydrogen-bond donors (Lipinski definition) is 6. The predicted molar refractivity (Wildman–Crippen MR) is 348 cm³/mol. The minimum atomic E-state index is 0. The lowest BCUT2D eigenvalue weighted by Gasteiger charge is -2.23. The van der Waals surface area contributed by atoms with E-state index in [4.69, 9.17) is 50.6 Å². The second-order valence-corrected chi connectivity index (χ2v) is 21.5. The van der Waals surface area contributed by atoms with E-state index in [1.807, 2.05) is 101 Å². The Labute approximate surface area is 536 Å². The van der Waals surface area contributed by atoms with Gasteiger partial charge >= 0.3 is 0 Å². The van der Waals surface area contributed by atoms with Crippen LogP contribution in [0.25, 0.3) is 33.6 Å². The van der Waals surface area contributed by atoms with Gasteiger partial charge in [-0.05, 0) is 185 Å². The smallest absolute Gasteiger partial charge is 0.245 e. The average molecular weight is 1300 g/mol. The molecule has 2 fully saturated rings. The summed E-state index contributed by atoms with van der Waals surface area (Å²) in [6.07, 6.45) is 20.2. The maximum atomic E-state index is 11.5. The van der Waals surface area contributed by atoms with Crippen LogP contribution >= 0.6 is 47.2 Å². The van der Waals surface area contributed by atoms with E-state index in [1.165, 1.54) is 6.42 Å². The molecule has 11 heterocycles. The SMILES string of the molecule is CC(=O)c1ccc(-n2cnc(N)c2)cc1.CC(=O)c1ccc(-n2cnc(Nc3nc(Cl)nn4cccc34)c2)cc1.CC(=O)c1ccc(-n2cnc(Nc3nc(N4CCC[C@H]4CO)nn4cccc34)c2)cc1.Cl.Clc1nc(Cl)c2cccn2n1.OC[C@@H]1CCCN1. The molecule has 29 heteroatoms. The van der Waals surface area contributed by atoms with Crippen LogP contribution in [-0.2, 0) is 0 Å². The van der Waals surface area contributed by atoms with Crippen molar-refractivity contribution in [2.75, 3.05) is 47.6 Å². The summed E-state index contributed by atoms with van der Waals surface area (Å²) in [5.74, 6) is 3.68. The van der Waals surface area contributed by atoms with Crippen LogP contribution < -0.4 is 26.6 Å². The lowest BCUT2D eigenvalue weighted by atomic mass is 10.1. The number of nitrogens with one attached hydrogen (secondary N) is 3. The number of aromatic nitrogens is 15. The topological polar surface area (TPSA) is 301 Å². The number of anilines is 6. The van der Waals surface area contributed by atoms with Crippen molar-refractivity contribution in [2.24, 2.45) is 0 Å². The third-order valence-electron chi connectivity index (χ3n) is 14.3. The Hall–Kier alpha value is -9.60. The highest BCUT2D eigenvalue weighted by Gasteiger charge is 2.27. The predicted octanol–water partition coefficient (Wildman–Crippen LogP) is 10.2. The Balaban J connectivity index is 0.000000144. The van der Waals surface area contributed by atoms with Crippen LogP contribution in [0.4, 0.5) is 35.0 Å². The van der Waals surface area contributed by atoms with Crippen LogP contribution in [-0.4, -0.2) is 138 Å². The van der Waals surface area contributed by atoms with Gasteiger partial charge in [-0.2, -0.15) is 9.97 Å². The average Bonchev–Trinajstić information content (AvgIpc) is 2.69. The molecule has 25 nitrogen and oxygen atoms in total. The highest BCUT2D eigenvalue weighted by molar-refractivity contribution is 6.34. The zero-order valence-electron chi connectivity index (χ0n) is 48.8. The summed E-state index contributed by atoms with van der Waals surface area (Å²) in [4.78, 5) is 61.4. The van der Waals surface area contributed by atoms with E-state index in [0.717, 1.165) is 66.0 Å². The second kappa shape index (κ2) is 30.1. The first kappa shape index (κ1) is 64.9. The molecular formula is C61H62Cl4N20O5. The molecule has 464 valence electrons. The fourth-order valence-corrected chi connectivity index (χ4v) is 10.2. The van der Waals surface area contributed by atoms with Gasteiger partial charge in [-0.1, -0.05) is 11.6 Å². The molecule has 0 aliphatic carbocycles. The van der Waals surface area contributed by atoms with Gasteiger partial charge in [0.1, 0.15) is 53.0 Å². The maximum Gasteiger partial charge on any atom is 0.245 e. The molecule has 0 amide bonds. The van der Waals surface area contributed by atoms with Crippen LogP contribution in [0.2, 0.25) is 15.7 Å². The van der Waals surface area contributed by atoms with Gasteiger partial charge in [-0.15, -0.1) is 27.7 Å². The number of imidazole rings is 3. The normalized spacial score (nSPS) is 14.1. The Morgan fingerprint density at radius 3 is 1.47 bits per heavy atom. The Kier molecular flexibility index (Phi) is 21.7. The number of aliphatic hydroxyl groups excluding tert-OH is 2.